The van der Waals surface area contributed by atoms with Gasteiger partial charge in [-0.05, 0) is 48.5 Å². The van der Waals surface area contributed by atoms with E-state index in [9.17, 15) is 13.2 Å². The van der Waals surface area contributed by atoms with E-state index in [-0.39, 0.29) is 10.8 Å². The van der Waals surface area contributed by atoms with Gasteiger partial charge in [0.25, 0.3) is 5.91 Å². The number of nitrogens with zero attached hydrogens (tertiary/aromatic N) is 3. The van der Waals surface area contributed by atoms with Gasteiger partial charge in [-0.25, -0.2) is 12.7 Å². The minimum Gasteiger partial charge on any atom is -0.368 e. The van der Waals surface area contributed by atoms with Crippen molar-refractivity contribution < 1.29 is 13.2 Å². The molecule has 0 aliphatic carbocycles. The van der Waals surface area contributed by atoms with Crippen LogP contribution in [-0.2, 0) is 10.0 Å². The lowest BCUT2D eigenvalue weighted by molar-refractivity contribution is 0.0746. The summed E-state index contributed by atoms with van der Waals surface area (Å²) in [6.45, 7) is 2.69. The highest BCUT2D eigenvalue weighted by Gasteiger charge is 2.23. The Bertz CT molecular complexity index is 904. The van der Waals surface area contributed by atoms with Crippen molar-refractivity contribution in [1.82, 2.24) is 9.21 Å². The summed E-state index contributed by atoms with van der Waals surface area (Å²) < 4.78 is 25.4. The van der Waals surface area contributed by atoms with Crippen molar-refractivity contribution in [3.05, 3.63) is 59.1 Å². The van der Waals surface area contributed by atoms with Gasteiger partial charge in [-0.1, -0.05) is 11.6 Å². The van der Waals surface area contributed by atoms with Crippen LogP contribution in [-0.4, -0.2) is 63.8 Å². The summed E-state index contributed by atoms with van der Waals surface area (Å²) in [7, 11) is -0.531. The number of halogens is 1. The molecule has 2 aromatic carbocycles. The maximum absolute atomic E-state index is 12.7. The predicted molar refractivity (Wildman–Crippen MR) is 107 cm³/mol. The largest absolute Gasteiger partial charge is 0.368 e. The minimum atomic E-state index is -3.49. The van der Waals surface area contributed by atoms with Crippen molar-refractivity contribution in [3.8, 4) is 0 Å². The maximum atomic E-state index is 12.7. The van der Waals surface area contributed by atoms with Crippen molar-refractivity contribution in [3.63, 3.8) is 0 Å². The summed E-state index contributed by atoms with van der Waals surface area (Å²) >= 11 is 5.93. The van der Waals surface area contributed by atoms with Crippen LogP contribution >= 0.6 is 11.6 Å². The summed E-state index contributed by atoms with van der Waals surface area (Å²) in [5, 5.41) is 0.701. The van der Waals surface area contributed by atoms with Gasteiger partial charge < -0.3 is 9.80 Å². The SMILES string of the molecule is CN(C)S(=O)(=O)c1ccc(C(=O)N2CCN(c3ccc(Cl)cc3)CC2)cc1. The zero-order valence-corrected chi connectivity index (χ0v) is 16.9. The zero-order chi connectivity index (χ0) is 19.6. The van der Waals surface area contributed by atoms with Gasteiger partial charge in [0.05, 0.1) is 4.90 Å². The van der Waals surface area contributed by atoms with E-state index >= 15 is 0 Å². The van der Waals surface area contributed by atoms with Gasteiger partial charge in [-0.15, -0.1) is 0 Å². The summed E-state index contributed by atoms with van der Waals surface area (Å²) in [5.74, 6) is -0.0837. The molecule has 0 spiro atoms. The maximum Gasteiger partial charge on any atom is 0.253 e. The van der Waals surface area contributed by atoms with Crippen LogP contribution in [0.5, 0.6) is 0 Å². The monoisotopic (exact) mass is 407 g/mol. The van der Waals surface area contributed by atoms with Crippen LogP contribution in [0.1, 0.15) is 10.4 Å². The fraction of sp³-hybridized carbons (Fsp3) is 0.316. The highest BCUT2D eigenvalue weighted by atomic mass is 35.5. The van der Waals surface area contributed by atoms with Crippen molar-refractivity contribution in [2.45, 2.75) is 4.90 Å². The number of carbonyl (C=O) groups excluding carboxylic acids is 1. The molecule has 3 rings (SSSR count). The van der Waals surface area contributed by atoms with Crippen LogP contribution in [0.2, 0.25) is 5.02 Å². The van der Waals surface area contributed by atoms with Crippen molar-refractivity contribution >= 4 is 33.2 Å². The topological polar surface area (TPSA) is 60.9 Å². The number of anilines is 1. The summed E-state index contributed by atoms with van der Waals surface area (Å²) in [4.78, 5) is 16.9. The standard InChI is InChI=1S/C19H22ClN3O3S/c1-21(2)27(25,26)18-9-3-15(4-10-18)19(24)23-13-11-22(12-14-23)17-7-5-16(20)6-8-17/h3-10H,11-14H2,1-2H3. The average Bonchev–Trinajstić information content (AvgIpc) is 2.68. The Hall–Kier alpha value is -2.09. The lowest BCUT2D eigenvalue weighted by atomic mass is 10.1. The number of carbonyl (C=O) groups is 1. The fourth-order valence-electron chi connectivity index (χ4n) is 2.98. The lowest BCUT2D eigenvalue weighted by Gasteiger charge is -2.36. The molecule has 1 fully saturated rings. The van der Waals surface area contributed by atoms with E-state index in [2.05, 4.69) is 4.90 Å². The van der Waals surface area contributed by atoms with Crippen molar-refractivity contribution in [2.75, 3.05) is 45.2 Å². The Labute approximate surface area is 165 Å². The first-order valence-electron chi connectivity index (χ1n) is 8.61. The Morgan fingerprint density at radius 1 is 0.926 bits per heavy atom. The predicted octanol–water partition coefficient (Wildman–Crippen LogP) is 2.55. The summed E-state index contributed by atoms with van der Waals surface area (Å²) in [6, 6.07) is 13.8. The molecule has 1 saturated heterocycles. The quantitative estimate of drug-likeness (QED) is 0.781. The van der Waals surface area contributed by atoms with Gasteiger partial charge in [0.2, 0.25) is 10.0 Å². The third-order valence-corrected chi connectivity index (χ3v) is 6.72. The molecule has 0 unspecified atom stereocenters. The number of sulfonamides is 1. The third kappa shape index (κ3) is 4.26. The van der Waals surface area contributed by atoms with Gasteiger partial charge >= 0.3 is 0 Å². The molecule has 0 N–H and O–H groups in total. The molecule has 6 nitrogen and oxygen atoms in total. The van der Waals surface area contributed by atoms with Gasteiger partial charge in [0.15, 0.2) is 0 Å². The van der Waals surface area contributed by atoms with E-state index in [1.807, 2.05) is 24.3 Å². The van der Waals surface area contributed by atoms with E-state index in [0.717, 1.165) is 23.1 Å². The van der Waals surface area contributed by atoms with E-state index < -0.39 is 10.0 Å². The van der Waals surface area contributed by atoms with Crippen LogP contribution in [0.25, 0.3) is 0 Å². The van der Waals surface area contributed by atoms with Gasteiger partial charge in [-0.2, -0.15) is 0 Å². The number of hydrogen-bond donors (Lipinski definition) is 0. The molecule has 8 heteroatoms. The molecule has 0 atom stereocenters. The van der Waals surface area contributed by atoms with E-state index in [1.54, 1.807) is 17.0 Å². The molecule has 144 valence electrons. The second kappa shape index (κ2) is 7.88. The summed E-state index contributed by atoms with van der Waals surface area (Å²) in [5.41, 5.74) is 1.58. The second-order valence-corrected chi connectivity index (χ2v) is 9.16. The summed E-state index contributed by atoms with van der Waals surface area (Å²) in [6.07, 6.45) is 0. The van der Waals surface area contributed by atoms with Crippen molar-refractivity contribution in [2.24, 2.45) is 0 Å². The van der Waals surface area contributed by atoms with E-state index in [0.29, 0.717) is 23.7 Å². The molecule has 2 aromatic rings. The van der Waals surface area contributed by atoms with Crippen molar-refractivity contribution in [1.29, 1.82) is 0 Å². The van der Waals surface area contributed by atoms with E-state index in [4.69, 9.17) is 11.6 Å². The van der Waals surface area contributed by atoms with Crippen LogP contribution in [0.4, 0.5) is 5.69 Å². The lowest BCUT2D eigenvalue weighted by Crippen LogP contribution is -2.48. The number of amides is 1. The first kappa shape index (κ1) is 19.7. The first-order valence-corrected chi connectivity index (χ1v) is 10.4. The Morgan fingerprint density at radius 2 is 1.48 bits per heavy atom. The molecule has 0 bridgehead atoms. The molecular weight excluding hydrogens is 386 g/mol. The van der Waals surface area contributed by atoms with Crippen LogP contribution in [0, 0.1) is 0 Å². The normalized spacial score (nSPS) is 15.3. The molecule has 27 heavy (non-hydrogen) atoms. The molecule has 1 aliphatic heterocycles. The zero-order valence-electron chi connectivity index (χ0n) is 15.3. The Kier molecular flexibility index (Phi) is 5.74. The molecule has 1 amide bonds. The highest BCUT2D eigenvalue weighted by molar-refractivity contribution is 7.89. The Balaban J connectivity index is 1.65. The third-order valence-electron chi connectivity index (χ3n) is 4.64. The van der Waals surface area contributed by atoms with Gasteiger partial charge in [-0.3, -0.25) is 4.79 Å². The van der Waals surface area contributed by atoms with Gasteiger partial charge in [0.1, 0.15) is 0 Å². The van der Waals surface area contributed by atoms with E-state index in [1.165, 1.54) is 26.2 Å². The van der Waals surface area contributed by atoms with Crippen LogP contribution < -0.4 is 4.90 Å². The van der Waals surface area contributed by atoms with Crippen LogP contribution in [0.3, 0.4) is 0 Å². The number of benzene rings is 2. The second-order valence-electron chi connectivity index (χ2n) is 6.57. The average molecular weight is 408 g/mol. The number of rotatable bonds is 4. The smallest absolute Gasteiger partial charge is 0.253 e. The molecular formula is C19H22ClN3O3S. The molecule has 1 aliphatic rings. The highest BCUT2D eigenvalue weighted by Crippen LogP contribution is 2.20. The molecule has 0 radical (unpaired) electrons. The molecule has 0 aromatic heterocycles. The molecule has 1 heterocycles. The number of piperazine rings is 1. The number of hydrogen-bond acceptors (Lipinski definition) is 4. The van der Waals surface area contributed by atoms with Crippen LogP contribution in [0.15, 0.2) is 53.4 Å². The molecule has 0 saturated carbocycles. The van der Waals surface area contributed by atoms with Gasteiger partial charge in [0, 0.05) is 56.5 Å². The first-order chi connectivity index (χ1) is 12.8. The fourth-order valence-corrected chi connectivity index (χ4v) is 4.01. The Morgan fingerprint density at radius 3 is 2.00 bits per heavy atom. The minimum absolute atomic E-state index is 0.0837.